The van der Waals surface area contributed by atoms with Crippen LogP contribution in [0.25, 0.3) is 5.69 Å². The van der Waals surface area contributed by atoms with Crippen LogP contribution in [0.3, 0.4) is 0 Å². The van der Waals surface area contributed by atoms with E-state index in [0.717, 1.165) is 0 Å². The van der Waals surface area contributed by atoms with E-state index in [0.29, 0.717) is 36.1 Å². The van der Waals surface area contributed by atoms with Crippen molar-refractivity contribution in [2.24, 2.45) is 5.92 Å². The zero-order valence-electron chi connectivity index (χ0n) is 14.1. The van der Waals surface area contributed by atoms with Gasteiger partial charge in [0.15, 0.2) is 5.69 Å². The van der Waals surface area contributed by atoms with Crippen molar-refractivity contribution < 1.29 is 22.8 Å². The van der Waals surface area contributed by atoms with E-state index >= 15 is 0 Å². The van der Waals surface area contributed by atoms with Gasteiger partial charge in [0, 0.05) is 18.8 Å². The lowest BCUT2D eigenvalue weighted by Crippen LogP contribution is -2.30. The number of benzene rings is 1. The third-order valence-corrected chi connectivity index (χ3v) is 4.26. The van der Waals surface area contributed by atoms with Crippen molar-refractivity contribution >= 4 is 17.5 Å². The molecule has 1 N–H and O–H groups in total. The van der Waals surface area contributed by atoms with Gasteiger partial charge in [-0.1, -0.05) is 11.8 Å². The molecule has 2 aromatic rings. The van der Waals surface area contributed by atoms with Crippen LogP contribution in [0, 0.1) is 5.92 Å². The number of hydrogen-bond donors (Lipinski definition) is 1. The molecule has 0 spiro atoms. The molecule has 1 aromatic heterocycles. The van der Waals surface area contributed by atoms with Crippen molar-refractivity contribution in [2.45, 2.75) is 12.6 Å². The van der Waals surface area contributed by atoms with Crippen LogP contribution in [0.5, 0.6) is 0 Å². The van der Waals surface area contributed by atoms with Crippen LogP contribution in [0.4, 0.5) is 18.9 Å². The zero-order valence-corrected chi connectivity index (χ0v) is 14.1. The molecule has 1 atom stereocenters. The summed E-state index contributed by atoms with van der Waals surface area (Å²) in [6.45, 7) is 4.21. The molecule has 27 heavy (non-hydrogen) atoms. The monoisotopic (exact) mass is 379 g/mol. The molecule has 0 radical (unpaired) electrons. The van der Waals surface area contributed by atoms with E-state index in [1.807, 2.05) is 0 Å². The lowest BCUT2D eigenvalue weighted by Gasteiger charge is -2.14. The summed E-state index contributed by atoms with van der Waals surface area (Å²) in [6.07, 6.45) is -2.19. The van der Waals surface area contributed by atoms with E-state index in [9.17, 15) is 22.8 Å². The molecule has 0 bridgehead atoms. The van der Waals surface area contributed by atoms with Crippen molar-refractivity contribution in [3.8, 4) is 5.69 Å². The fraction of sp³-hybridized carbons (Fsp3) is 0.294. The standard InChI is InChI=1S/C17H16F3N5O2/c1-2-15(26)24-8-7-11(10-24)16(27)22-12-3-5-13(6-4-12)25-14(9-21-23-25)17(18,19)20/h2-6,9,11H,1,7-8,10H2,(H,22,27). The molecule has 2 amide bonds. The molecular weight excluding hydrogens is 363 g/mol. The van der Waals surface area contributed by atoms with Gasteiger partial charge in [-0.2, -0.15) is 13.2 Å². The Morgan fingerprint density at radius 2 is 1.96 bits per heavy atom. The number of hydrogen-bond acceptors (Lipinski definition) is 4. The molecule has 7 nitrogen and oxygen atoms in total. The first-order chi connectivity index (χ1) is 12.8. The van der Waals surface area contributed by atoms with E-state index < -0.39 is 11.9 Å². The number of nitrogens with one attached hydrogen (secondary N) is 1. The number of amides is 2. The number of alkyl halides is 3. The minimum Gasteiger partial charge on any atom is -0.338 e. The second kappa shape index (κ2) is 7.22. The van der Waals surface area contributed by atoms with Gasteiger partial charge in [0.1, 0.15) is 0 Å². The Labute approximate surface area is 152 Å². The van der Waals surface area contributed by atoms with Crippen LogP contribution < -0.4 is 5.32 Å². The van der Waals surface area contributed by atoms with E-state index in [1.54, 1.807) is 4.90 Å². The van der Waals surface area contributed by atoms with Gasteiger partial charge in [0.25, 0.3) is 0 Å². The molecule has 1 aliphatic heterocycles. The van der Waals surface area contributed by atoms with Crippen LogP contribution in [0.2, 0.25) is 0 Å². The van der Waals surface area contributed by atoms with E-state index in [2.05, 4.69) is 22.2 Å². The summed E-state index contributed by atoms with van der Waals surface area (Å²) >= 11 is 0. The first-order valence-corrected chi connectivity index (χ1v) is 8.10. The highest BCUT2D eigenvalue weighted by Gasteiger charge is 2.36. The van der Waals surface area contributed by atoms with Gasteiger partial charge in [-0.3, -0.25) is 9.59 Å². The predicted molar refractivity (Wildman–Crippen MR) is 89.9 cm³/mol. The maximum atomic E-state index is 12.9. The molecule has 2 heterocycles. The highest BCUT2D eigenvalue weighted by molar-refractivity contribution is 5.94. The fourth-order valence-electron chi connectivity index (χ4n) is 2.85. The quantitative estimate of drug-likeness (QED) is 0.827. The summed E-state index contributed by atoms with van der Waals surface area (Å²) in [7, 11) is 0. The van der Waals surface area contributed by atoms with Crippen molar-refractivity contribution in [3.63, 3.8) is 0 Å². The van der Waals surface area contributed by atoms with Gasteiger partial charge in [0.05, 0.1) is 17.8 Å². The number of aromatic nitrogens is 3. The Morgan fingerprint density at radius 1 is 1.26 bits per heavy atom. The second-order valence-electron chi connectivity index (χ2n) is 6.04. The molecule has 10 heteroatoms. The molecule has 1 aromatic carbocycles. The first-order valence-electron chi connectivity index (χ1n) is 8.10. The minimum atomic E-state index is -4.58. The predicted octanol–water partition coefficient (Wildman–Crippen LogP) is 2.26. The summed E-state index contributed by atoms with van der Waals surface area (Å²) in [5.41, 5.74) is -0.385. The summed E-state index contributed by atoms with van der Waals surface area (Å²) in [4.78, 5) is 25.4. The van der Waals surface area contributed by atoms with Gasteiger partial charge >= 0.3 is 6.18 Å². The molecule has 1 aliphatic rings. The topological polar surface area (TPSA) is 80.1 Å². The van der Waals surface area contributed by atoms with E-state index in [1.165, 1.54) is 30.3 Å². The fourth-order valence-corrected chi connectivity index (χ4v) is 2.85. The Hall–Kier alpha value is -3.17. The molecule has 1 unspecified atom stereocenters. The maximum Gasteiger partial charge on any atom is 0.435 e. The third-order valence-electron chi connectivity index (χ3n) is 4.26. The van der Waals surface area contributed by atoms with Crippen molar-refractivity contribution in [2.75, 3.05) is 18.4 Å². The number of nitrogens with zero attached hydrogens (tertiary/aromatic N) is 4. The van der Waals surface area contributed by atoms with Crippen molar-refractivity contribution in [1.82, 2.24) is 19.9 Å². The van der Waals surface area contributed by atoms with Crippen molar-refractivity contribution in [1.29, 1.82) is 0 Å². The first kappa shape index (κ1) is 18.6. The molecule has 142 valence electrons. The van der Waals surface area contributed by atoms with Crippen LogP contribution in [-0.4, -0.2) is 44.8 Å². The summed E-state index contributed by atoms with van der Waals surface area (Å²) < 4.78 is 39.4. The lowest BCUT2D eigenvalue weighted by molar-refractivity contribution is -0.142. The molecule has 1 fully saturated rings. The van der Waals surface area contributed by atoms with Gasteiger partial charge < -0.3 is 10.2 Å². The van der Waals surface area contributed by atoms with Crippen LogP contribution in [0.1, 0.15) is 12.1 Å². The van der Waals surface area contributed by atoms with Crippen LogP contribution in [0.15, 0.2) is 43.1 Å². The number of anilines is 1. The van der Waals surface area contributed by atoms with E-state index in [-0.39, 0.29) is 23.4 Å². The molecule has 3 rings (SSSR count). The van der Waals surface area contributed by atoms with Gasteiger partial charge in [-0.05, 0) is 36.8 Å². The Balaban J connectivity index is 1.67. The largest absolute Gasteiger partial charge is 0.435 e. The minimum absolute atomic E-state index is 0.168. The number of likely N-dealkylation sites (tertiary alicyclic amines) is 1. The Bertz CT molecular complexity index is 860. The number of rotatable bonds is 4. The average Bonchev–Trinajstić information content (AvgIpc) is 3.31. The number of halogens is 3. The zero-order chi connectivity index (χ0) is 19.6. The Kier molecular flexibility index (Phi) is 4.98. The number of carbonyl (C=O) groups excluding carboxylic acids is 2. The molecular formula is C17H16F3N5O2. The van der Waals surface area contributed by atoms with Gasteiger partial charge in [0.2, 0.25) is 11.8 Å². The maximum absolute atomic E-state index is 12.9. The van der Waals surface area contributed by atoms with Gasteiger partial charge in [-0.15, -0.1) is 5.10 Å². The number of carbonyl (C=O) groups is 2. The summed E-state index contributed by atoms with van der Waals surface area (Å²) in [5.74, 6) is -0.817. The second-order valence-corrected chi connectivity index (χ2v) is 6.04. The smallest absolute Gasteiger partial charge is 0.338 e. The molecule has 0 saturated carbocycles. The molecule has 1 saturated heterocycles. The highest BCUT2D eigenvalue weighted by atomic mass is 19.4. The van der Waals surface area contributed by atoms with Crippen LogP contribution >= 0.6 is 0 Å². The summed E-state index contributed by atoms with van der Waals surface area (Å²) in [5, 5.41) is 9.46. The third kappa shape index (κ3) is 3.99. The van der Waals surface area contributed by atoms with E-state index in [4.69, 9.17) is 0 Å². The SMILES string of the molecule is C=CC(=O)N1CCC(C(=O)Nc2ccc(-n3nncc3C(F)(F)F)cc2)C1. The molecule has 0 aliphatic carbocycles. The normalized spacial score (nSPS) is 17.0. The van der Waals surface area contributed by atoms with Crippen LogP contribution in [-0.2, 0) is 15.8 Å². The van der Waals surface area contributed by atoms with Crippen molar-refractivity contribution in [3.05, 3.63) is 48.8 Å². The average molecular weight is 379 g/mol. The highest BCUT2D eigenvalue weighted by Crippen LogP contribution is 2.30. The lowest BCUT2D eigenvalue weighted by atomic mass is 10.1. The summed E-state index contributed by atoms with van der Waals surface area (Å²) in [6, 6.07) is 5.77. The Morgan fingerprint density at radius 3 is 2.59 bits per heavy atom. The van der Waals surface area contributed by atoms with Gasteiger partial charge in [-0.25, -0.2) is 4.68 Å².